The monoisotopic (exact) mass is 523 g/mol. The van der Waals surface area contributed by atoms with Gasteiger partial charge in [0.2, 0.25) is 17.7 Å². The van der Waals surface area contributed by atoms with Crippen LogP contribution in [0.1, 0.15) is 61.9 Å². The van der Waals surface area contributed by atoms with Gasteiger partial charge in [0.05, 0.1) is 7.11 Å². The molecule has 204 valence electrons. The summed E-state index contributed by atoms with van der Waals surface area (Å²) in [5.41, 5.74) is 6.81. The Labute approximate surface area is 222 Å². The van der Waals surface area contributed by atoms with E-state index in [9.17, 15) is 19.2 Å². The molecule has 2 saturated heterocycles. The number of amides is 4. The Morgan fingerprint density at radius 3 is 2.66 bits per heavy atom. The fourth-order valence-corrected chi connectivity index (χ4v) is 6.55. The molecule has 3 aliphatic rings. The van der Waals surface area contributed by atoms with Gasteiger partial charge in [-0.1, -0.05) is 31.7 Å². The minimum Gasteiger partial charge on any atom is -0.496 e. The third-order valence-corrected chi connectivity index (χ3v) is 8.62. The van der Waals surface area contributed by atoms with Crippen molar-refractivity contribution in [1.82, 2.24) is 20.5 Å². The van der Waals surface area contributed by atoms with Crippen molar-refractivity contribution in [3.63, 3.8) is 0 Å². The highest BCUT2D eigenvalue weighted by atomic mass is 16.5. The lowest BCUT2D eigenvalue weighted by molar-refractivity contribution is -0.132. The van der Waals surface area contributed by atoms with Gasteiger partial charge in [0.1, 0.15) is 23.5 Å². The predicted octanol–water partition coefficient (Wildman–Crippen LogP) is 2.08. The molecule has 0 radical (unpaired) electrons. The minimum atomic E-state index is -0.976. The van der Waals surface area contributed by atoms with Gasteiger partial charge in [0, 0.05) is 29.9 Å². The van der Waals surface area contributed by atoms with E-state index in [4.69, 9.17) is 10.5 Å². The number of piperidine rings is 1. The lowest BCUT2D eigenvalue weighted by atomic mass is 9.88. The van der Waals surface area contributed by atoms with Crippen molar-refractivity contribution in [2.24, 2.45) is 23.5 Å². The molecule has 5 N–H and O–H groups in total. The molecule has 1 aliphatic carbocycles. The number of hydrogen-bond acceptors (Lipinski definition) is 5. The first-order valence-electron chi connectivity index (χ1n) is 13.7. The molecule has 1 aromatic heterocycles. The second-order valence-corrected chi connectivity index (χ2v) is 10.9. The van der Waals surface area contributed by atoms with E-state index in [-0.39, 0.29) is 30.1 Å². The van der Waals surface area contributed by atoms with Crippen molar-refractivity contribution in [2.45, 2.75) is 63.5 Å². The fourth-order valence-electron chi connectivity index (χ4n) is 6.55. The number of fused-ring (bicyclic) bond motifs is 1. The predicted molar refractivity (Wildman–Crippen MR) is 141 cm³/mol. The maximum Gasteiger partial charge on any atom is 0.270 e. The van der Waals surface area contributed by atoms with Crippen LogP contribution in [0.4, 0.5) is 0 Å². The normalized spacial score (nSPS) is 24.8. The number of H-pyrrole nitrogens is 1. The van der Waals surface area contributed by atoms with Gasteiger partial charge in [-0.25, -0.2) is 0 Å². The van der Waals surface area contributed by atoms with Crippen LogP contribution in [-0.4, -0.2) is 65.8 Å². The molecule has 4 unspecified atom stereocenters. The lowest BCUT2D eigenvalue weighted by Gasteiger charge is -2.28. The zero-order chi connectivity index (χ0) is 26.8. The molecule has 2 aliphatic heterocycles. The van der Waals surface area contributed by atoms with Crippen LogP contribution in [0.5, 0.6) is 5.75 Å². The van der Waals surface area contributed by atoms with E-state index in [1.54, 1.807) is 18.1 Å². The minimum absolute atomic E-state index is 0.120. The summed E-state index contributed by atoms with van der Waals surface area (Å²) in [7, 11) is 1.59. The third kappa shape index (κ3) is 5.21. The number of likely N-dealkylation sites (tertiary alicyclic amines) is 1. The smallest absolute Gasteiger partial charge is 0.270 e. The van der Waals surface area contributed by atoms with E-state index in [1.807, 2.05) is 18.2 Å². The van der Waals surface area contributed by atoms with E-state index in [1.165, 1.54) is 12.8 Å². The van der Waals surface area contributed by atoms with Crippen molar-refractivity contribution in [3.05, 3.63) is 30.0 Å². The zero-order valence-corrected chi connectivity index (χ0v) is 21.8. The number of ether oxygens (including phenoxy) is 1. The number of carbonyl (C=O) groups excluding carboxylic acids is 4. The number of nitrogens with zero attached hydrogens (tertiary/aromatic N) is 1. The molecule has 3 heterocycles. The van der Waals surface area contributed by atoms with Gasteiger partial charge < -0.3 is 31.0 Å². The molecule has 3 fully saturated rings. The SMILES string of the molecule is COc1cccc2[nH]c(C(=O)N3CC(C4CCCC4)CC3C(=O)NC(CC3CCCNC3=O)C(N)=O)cc12. The summed E-state index contributed by atoms with van der Waals surface area (Å²) < 4.78 is 5.44. The van der Waals surface area contributed by atoms with Crippen LogP contribution in [0.3, 0.4) is 0 Å². The number of aromatic amines is 1. The van der Waals surface area contributed by atoms with Gasteiger partial charge in [-0.3, -0.25) is 19.2 Å². The highest BCUT2D eigenvalue weighted by Gasteiger charge is 2.44. The van der Waals surface area contributed by atoms with Crippen LogP contribution in [-0.2, 0) is 14.4 Å². The highest BCUT2D eigenvalue weighted by Crippen LogP contribution is 2.39. The molecule has 4 amide bonds. The average molecular weight is 524 g/mol. The van der Waals surface area contributed by atoms with Crippen LogP contribution in [0, 0.1) is 17.8 Å². The second-order valence-electron chi connectivity index (χ2n) is 10.9. The maximum absolute atomic E-state index is 13.8. The summed E-state index contributed by atoms with van der Waals surface area (Å²) in [6, 6.07) is 5.64. The van der Waals surface area contributed by atoms with E-state index in [0.29, 0.717) is 43.3 Å². The number of aromatic nitrogens is 1. The lowest BCUT2D eigenvalue weighted by Crippen LogP contribution is -2.53. The highest BCUT2D eigenvalue weighted by molar-refractivity contribution is 6.02. The number of methoxy groups -OCH3 is 1. The Bertz CT molecular complexity index is 1220. The van der Waals surface area contributed by atoms with Gasteiger partial charge in [-0.05, 0) is 55.7 Å². The number of benzene rings is 1. The van der Waals surface area contributed by atoms with Crippen molar-refractivity contribution in [1.29, 1.82) is 0 Å². The van der Waals surface area contributed by atoms with Crippen molar-refractivity contribution in [2.75, 3.05) is 20.2 Å². The molecule has 0 spiro atoms. The molecular formula is C28H37N5O5. The topological polar surface area (TPSA) is 147 Å². The quantitative estimate of drug-likeness (QED) is 0.418. The molecule has 1 aromatic carbocycles. The van der Waals surface area contributed by atoms with Gasteiger partial charge in [0.15, 0.2) is 0 Å². The largest absolute Gasteiger partial charge is 0.496 e. The number of nitrogens with one attached hydrogen (secondary N) is 3. The molecule has 1 saturated carbocycles. The first kappa shape index (κ1) is 26.1. The summed E-state index contributed by atoms with van der Waals surface area (Å²) in [4.78, 5) is 56.8. The number of rotatable bonds is 8. The Balaban J connectivity index is 1.37. The van der Waals surface area contributed by atoms with Gasteiger partial charge >= 0.3 is 0 Å². The van der Waals surface area contributed by atoms with Crippen LogP contribution in [0.25, 0.3) is 10.9 Å². The zero-order valence-electron chi connectivity index (χ0n) is 21.8. The van der Waals surface area contributed by atoms with Crippen molar-refractivity contribution >= 4 is 34.5 Å². The van der Waals surface area contributed by atoms with E-state index in [2.05, 4.69) is 15.6 Å². The Morgan fingerprint density at radius 2 is 1.95 bits per heavy atom. The average Bonchev–Trinajstić information content (AvgIpc) is 3.68. The van der Waals surface area contributed by atoms with Crippen molar-refractivity contribution in [3.8, 4) is 5.75 Å². The third-order valence-electron chi connectivity index (χ3n) is 8.62. The maximum atomic E-state index is 13.8. The van der Waals surface area contributed by atoms with Crippen LogP contribution in [0.2, 0.25) is 0 Å². The number of hydrogen-bond donors (Lipinski definition) is 4. The number of primary amides is 1. The number of nitrogens with two attached hydrogens (primary N) is 1. The standard InChI is InChI=1S/C28H37N5O5/c1-38-24-10-4-9-20-19(24)14-22(31-20)28(37)33-15-18(16-6-2-3-7-16)13-23(33)27(36)32-21(25(29)34)12-17-8-5-11-30-26(17)35/h4,9-10,14,16-18,21,23,31H,2-3,5-8,11-13,15H2,1H3,(H2,29,34)(H,30,35)(H,32,36). The summed E-state index contributed by atoms with van der Waals surface area (Å²) in [6.07, 6.45) is 6.70. The molecule has 10 heteroatoms. The summed E-state index contributed by atoms with van der Waals surface area (Å²) in [5.74, 6) is -0.480. The van der Waals surface area contributed by atoms with Crippen LogP contribution < -0.4 is 21.1 Å². The van der Waals surface area contributed by atoms with Gasteiger partial charge in [0.25, 0.3) is 5.91 Å². The molecule has 10 nitrogen and oxygen atoms in total. The fraction of sp³-hybridized carbons (Fsp3) is 0.571. The number of carbonyl (C=O) groups is 4. The van der Waals surface area contributed by atoms with E-state index in [0.717, 1.165) is 30.2 Å². The molecular weight excluding hydrogens is 486 g/mol. The summed E-state index contributed by atoms with van der Waals surface area (Å²) in [6.45, 7) is 1.10. The molecule has 38 heavy (non-hydrogen) atoms. The Kier molecular flexibility index (Phi) is 7.58. The van der Waals surface area contributed by atoms with E-state index >= 15 is 0 Å². The summed E-state index contributed by atoms with van der Waals surface area (Å²) >= 11 is 0. The summed E-state index contributed by atoms with van der Waals surface area (Å²) in [5, 5.41) is 6.41. The van der Waals surface area contributed by atoms with E-state index < -0.39 is 23.9 Å². The van der Waals surface area contributed by atoms with Gasteiger partial charge in [-0.2, -0.15) is 0 Å². The molecule has 2 aromatic rings. The first-order chi connectivity index (χ1) is 18.4. The van der Waals surface area contributed by atoms with Crippen LogP contribution >= 0.6 is 0 Å². The van der Waals surface area contributed by atoms with Crippen molar-refractivity contribution < 1.29 is 23.9 Å². The molecule has 5 rings (SSSR count). The molecule has 4 atom stereocenters. The van der Waals surface area contributed by atoms with Gasteiger partial charge in [-0.15, -0.1) is 0 Å². The molecule has 0 bridgehead atoms. The van der Waals surface area contributed by atoms with Crippen LogP contribution in [0.15, 0.2) is 24.3 Å². The second kappa shape index (κ2) is 11.0. The Morgan fingerprint density at radius 1 is 1.16 bits per heavy atom. The first-order valence-corrected chi connectivity index (χ1v) is 13.7. The Hall–Kier alpha value is -3.56.